The first-order valence-electron chi connectivity index (χ1n) is 10.4. The lowest BCUT2D eigenvalue weighted by Gasteiger charge is -2.20. The number of ether oxygens (including phenoxy) is 2. The highest BCUT2D eigenvalue weighted by Crippen LogP contribution is 2.28. The number of benzene rings is 2. The number of hydrogen-bond acceptors (Lipinski definition) is 7. The van der Waals surface area contributed by atoms with E-state index in [1.807, 2.05) is 25.1 Å². The van der Waals surface area contributed by atoms with Crippen LogP contribution in [0.5, 0.6) is 11.5 Å². The van der Waals surface area contributed by atoms with Crippen LogP contribution in [0.3, 0.4) is 0 Å². The maximum absolute atomic E-state index is 14.8. The SMILES string of the molecule is CC[C@H]1COC(=O)N1c1nc(C)nc(N[C@@H](C)c2ccc(Oc3ccccc3)cc2F)n1. The largest absolute Gasteiger partial charge is 0.457 e. The number of hydrogen-bond donors (Lipinski definition) is 1. The Balaban J connectivity index is 1.52. The number of cyclic esters (lactones) is 1. The van der Waals surface area contributed by atoms with E-state index in [1.54, 1.807) is 38.1 Å². The molecular weight excluding hydrogens is 413 g/mol. The van der Waals surface area contributed by atoms with Gasteiger partial charge in [0.1, 0.15) is 29.7 Å². The van der Waals surface area contributed by atoms with Crippen LogP contribution in [0, 0.1) is 12.7 Å². The number of carbonyl (C=O) groups excluding carboxylic acids is 1. The second kappa shape index (κ2) is 9.17. The standard InChI is InChI=1S/C23H24FN5O3/c1-4-16-13-31-23(30)29(16)22-27-15(3)26-21(28-22)25-14(2)19-11-10-18(12-20(19)24)32-17-8-6-5-7-9-17/h5-12,14,16H,4,13H2,1-3H3,(H,25,26,27,28)/t14-,16-/m0/s1. The summed E-state index contributed by atoms with van der Waals surface area (Å²) in [6.45, 7) is 5.76. The summed E-state index contributed by atoms with van der Waals surface area (Å²) in [5.41, 5.74) is 0.428. The highest BCUT2D eigenvalue weighted by Gasteiger charge is 2.35. The van der Waals surface area contributed by atoms with Gasteiger partial charge in [-0.2, -0.15) is 15.0 Å². The minimum atomic E-state index is -0.485. The maximum atomic E-state index is 14.8. The summed E-state index contributed by atoms with van der Waals surface area (Å²) < 4.78 is 25.6. The normalized spacial score (nSPS) is 16.6. The number of aromatic nitrogens is 3. The van der Waals surface area contributed by atoms with Gasteiger partial charge in [-0.25, -0.2) is 14.1 Å². The Hall–Kier alpha value is -3.75. The van der Waals surface area contributed by atoms with Gasteiger partial charge in [0, 0.05) is 11.6 Å². The van der Waals surface area contributed by atoms with E-state index in [0.717, 1.165) is 0 Å². The van der Waals surface area contributed by atoms with Crippen molar-refractivity contribution in [3.63, 3.8) is 0 Å². The fraction of sp³-hybridized carbons (Fsp3) is 0.304. The van der Waals surface area contributed by atoms with E-state index in [1.165, 1.54) is 11.0 Å². The molecule has 0 spiro atoms. The summed E-state index contributed by atoms with van der Waals surface area (Å²) in [5, 5.41) is 3.10. The van der Waals surface area contributed by atoms with E-state index >= 15 is 0 Å². The van der Waals surface area contributed by atoms with Crippen molar-refractivity contribution in [2.24, 2.45) is 0 Å². The molecule has 0 radical (unpaired) electrons. The van der Waals surface area contributed by atoms with Crippen molar-refractivity contribution in [2.75, 3.05) is 16.8 Å². The van der Waals surface area contributed by atoms with Gasteiger partial charge < -0.3 is 14.8 Å². The summed E-state index contributed by atoms with van der Waals surface area (Å²) in [5.74, 6) is 1.52. The molecule has 1 N–H and O–H groups in total. The average Bonchev–Trinajstić information content (AvgIpc) is 3.14. The van der Waals surface area contributed by atoms with E-state index in [-0.39, 0.29) is 17.9 Å². The predicted octanol–water partition coefficient (Wildman–Crippen LogP) is 5.02. The van der Waals surface area contributed by atoms with Crippen molar-refractivity contribution in [1.82, 2.24) is 15.0 Å². The minimum absolute atomic E-state index is 0.135. The van der Waals surface area contributed by atoms with Crippen molar-refractivity contribution in [3.8, 4) is 11.5 Å². The zero-order valence-corrected chi connectivity index (χ0v) is 18.1. The van der Waals surface area contributed by atoms with Gasteiger partial charge in [-0.15, -0.1) is 0 Å². The van der Waals surface area contributed by atoms with Crippen LogP contribution in [0.25, 0.3) is 0 Å². The van der Waals surface area contributed by atoms with Gasteiger partial charge in [-0.3, -0.25) is 0 Å². The second-order valence-electron chi connectivity index (χ2n) is 7.48. The molecule has 9 heteroatoms. The molecule has 8 nitrogen and oxygen atoms in total. The smallest absolute Gasteiger partial charge is 0.417 e. The van der Waals surface area contributed by atoms with E-state index in [2.05, 4.69) is 20.3 Å². The summed E-state index contributed by atoms with van der Waals surface area (Å²) in [6, 6.07) is 13.3. The lowest BCUT2D eigenvalue weighted by atomic mass is 10.1. The molecule has 0 unspecified atom stereocenters. The van der Waals surface area contributed by atoms with Gasteiger partial charge in [0.25, 0.3) is 0 Å². The number of rotatable bonds is 7. The summed E-state index contributed by atoms with van der Waals surface area (Å²) in [7, 11) is 0. The van der Waals surface area contributed by atoms with Crippen molar-refractivity contribution in [1.29, 1.82) is 0 Å². The third kappa shape index (κ3) is 4.61. The third-order valence-corrected chi connectivity index (χ3v) is 5.15. The molecule has 2 atom stereocenters. The molecule has 1 saturated heterocycles. The third-order valence-electron chi connectivity index (χ3n) is 5.15. The van der Waals surface area contributed by atoms with Crippen LogP contribution in [-0.4, -0.2) is 33.7 Å². The Morgan fingerprint density at radius 2 is 1.97 bits per heavy atom. The molecule has 2 heterocycles. The topological polar surface area (TPSA) is 89.5 Å². The van der Waals surface area contributed by atoms with Crippen LogP contribution in [0.1, 0.15) is 37.7 Å². The van der Waals surface area contributed by atoms with Gasteiger partial charge in [0.15, 0.2) is 0 Å². The molecule has 0 bridgehead atoms. The van der Waals surface area contributed by atoms with E-state index < -0.39 is 18.0 Å². The fourth-order valence-corrected chi connectivity index (χ4v) is 3.46. The molecule has 3 aromatic rings. The molecule has 1 aromatic heterocycles. The first kappa shape index (κ1) is 21.5. The number of carbonyl (C=O) groups is 1. The Labute approximate surface area is 185 Å². The molecule has 4 rings (SSSR count). The van der Waals surface area contributed by atoms with Crippen LogP contribution in [0.2, 0.25) is 0 Å². The van der Waals surface area contributed by atoms with Gasteiger partial charge in [-0.1, -0.05) is 31.2 Å². The van der Waals surface area contributed by atoms with Crippen LogP contribution >= 0.6 is 0 Å². The Kier molecular flexibility index (Phi) is 6.16. The van der Waals surface area contributed by atoms with Crippen molar-refractivity contribution < 1.29 is 18.7 Å². The monoisotopic (exact) mass is 437 g/mol. The van der Waals surface area contributed by atoms with Crippen LogP contribution in [-0.2, 0) is 4.74 Å². The van der Waals surface area contributed by atoms with Gasteiger partial charge >= 0.3 is 6.09 Å². The summed E-state index contributed by atoms with van der Waals surface area (Å²) in [4.78, 5) is 26.5. The highest BCUT2D eigenvalue weighted by atomic mass is 19.1. The second-order valence-corrected chi connectivity index (χ2v) is 7.48. The highest BCUT2D eigenvalue weighted by molar-refractivity contribution is 5.88. The molecule has 0 aliphatic carbocycles. The van der Waals surface area contributed by atoms with Crippen molar-refractivity contribution in [2.45, 2.75) is 39.3 Å². The van der Waals surface area contributed by atoms with Crippen LogP contribution in [0.15, 0.2) is 48.5 Å². The number of halogens is 1. The summed E-state index contributed by atoms with van der Waals surface area (Å²) >= 11 is 0. The molecule has 0 saturated carbocycles. The number of aryl methyl sites for hydroxylation is 1. The molecule has 1 aliphatic rings. The number of amides is 1. The first-order valence-corrected chi connectivity index (χ1v) is 10.4. The summed E-state index contributed by atoms with van der Waals surface area (Å²) in [6.07, 6.45) is 0.222. The Morgan fingerprint density at radius 1 is 1.19 bits per heavy atom. The molecule has 32 heavy (non-hydrogen) atoms. The zero-order chi connectivity index (χ0) is 22.7. The van der Waals surface area contributed by atoms with Crippen LogP contribution in [0.4, 0.5) is 21.1 Å². The first-order chi connectivity index (χ1) is 15.4. The molecular formula is C23H24FN5O3. The quantitative estimate of drug-likeness (QED) is 0.555. The maximum Gasteiger partial charge on any atom is 0.417 e. The zero-order valence-electron chi connectivity index (χ0n) is 18.1. The number of nitrogens with zero attached hydrogens (tertiary/aromatic N) is 4. The van der Waals surface area contributed by atoms with Gasteiger partial charge in [0.05, 0.1) is 12.1 Å². The van der Waals surface area contributed by atoms with E-state index in [0.29, 0.717) is 35.9 Å². The Morgan fingerprint density at radius 3 is 2.69 bits per heavy atom. The van der Waals surface area contributed by atoms with E-state index in [9.17, 15) is 9.18 Å². The lowest BCUT2D eigenvalue weighted by Crippen LogP contribution is -2.34. The van der Waals surface area contributed by atoms with Gasteiger partial charge in [-0.05, 0) is 38.5 Å². The number of anilines is 2. The average molecular weight is 437 g/mol. The molecule has 166 valence electrons. The molecule has 1 amide bonds. The fourth-order valence-electron chi connectivity index (χ4n) is 3.46. The number of para-hydroxylation sites is 1. The van der Waals surface area contributed by atoms with Crippen molar-refractivity contribution >= 4 is 18.0 Å². The van der Waals surface area contributed by atoms with E-state index in [4.69, 9.17) is 9.47 Å². The van der Waals surface area contributed by atoms with Gasteiger partial charge in [0.2, 0.25) is 11.9 Å². The molecule has 1 aliphatic heterocycles. The predicted molar refractivity (Wildman–Crippen MR) is 117 cm³/mol. The lowest BCUT2D eigenvalue weighted by molar-refractivity contribution is 0.178. The molecule has 1 fully saturated rings. The number of nitrogens with one attached hydrogen (secondary N) is 1. The van der Waals surface area contributed by atoms with Crippen LogP contribution < -0.4 is 15.0 Å². The minimum Gasteiger partial charge on any atom is -0.457 e. The molecule has 2 aromatic carbocycles. The Bertz CT molecular complexity index is 1110. The van der Waals surface area contributed by atoms with Crippen molar-refractivity contribution in [3.05, 3.63) is 65.7 Å².